The molecule has 0 fully saturated rings. The van der Waals surface area contributed by atoms with E-state index in [0.29, 0.717) is 0 Å². The highest BCUT2D eigenvalue weighted by Gasteiger charge is 1.94. The van der Waals surface area contributed by atoms with Gasteiger partial charge >= 0.3 is 0 Å². The molecule has 1 nitrogen and oxygen atoms in total. The third-order valence-corrected chi connectivity index (χ3v) is 4.50. The maximum Gasteiger partial charge on any atom is 0.119 e. The van der Waals surface area contributed by atoms with Crippen LogP contribution in [0.3, 0.4) is 0 Å². The Kier molecular flexibility index (Phi) is 10.4. The van der Waals surface area contributed by atoms with Gasteiger partial charge in [-0.25, -0.2) is 0 Å². The lowest BCUT2D eigenvalue weighted by Crippen LogP contribution is -1.96. The SMILES string of the molecule is CCCCCOc1ccc(C=CC#CC=Cc2ccc(CCCC)cc2)cc1. The zero-order valence-corrected chi connectivity index (χ0v) is 17.3. The Hall–Kier alpha value is -2.72. The molecule has 0 aromatic heterocycles. The highest BCUT2D eigenvalue weighted by atomic mass is 16.5. The average Bonchev–Trinajstić information content (AvgIpc) is 2.74. The largest absolute Gasteiger partial charge is 0.494 e. The van der Waals surface area contributed by atoms with Gasteiger partial charge in [0.25, 0.3) is 0 Å². The van der Waals surface area contributed by atoms with Gasteiger partial charge in [-0.3, -0.25) is 0 Å². The summed E-state index contributed by atoms with van der Waals surface area (Å²) >= 11 is 0. The van der Waals surface area contributed by atoms with Gasteiger partial charge in [0.2, 0.25) is 0 Å². The van der Waals surface area contributed by atoms with E-state index in [1.54, 1.807) is 0 Å². The average molecular weight is 373 g/mol. The first-order valence-electron chi connectivity index (χ1n) is 10.5. The molecule has 0 bridgehead atoms. The van der Waals surface area contributed by atoms with Gasteiger partial charge in [0.1, 0.15) is 5.75 Å². The molecule has 0 amide bonds. The first-order valence-corrected chi connectivity index (χ1v) is 10.5. The maximum absolute atomic E-state index is 5.73. The highest BCUT2D eigenvalue weighted by Crippen LogP contribution is 2.14. The van der Waals surface area contributed by atoms with Gasteiger partial charge in [0.15, 0.2) is 0 Å². The first-order chi connectivity index (χ1) is 13.8. The summed E-state index contributed by atoms with van der Waals surface area (Å²) in [6, 6.07) is 16.9. The normalized spacial score (nSPS) is 10.9. The first kappa shape index (κ1) is 21.6. The van der Waals surface area contributed by atoms with Crippen LogP contribution in [0.5, 0.6) is 5.75 Å². The van der Waals surface area contributed by atoms with Crippen LogP contribution in [0.15, 0.2) is 60.7 Å². The summed E-state index contributed by atoms with van der Waals surface area (Å²) in [7, 11) is 0. The lowest BCUT2D eigenvalue weighted by Gasteiger charge is -2.05. The molecule has 0 aliphatic rings. The van der Waals surface area contributed by atoms with Crippen molar-refractivity contribution in [2.75, 3.05) is 6.61 Å². The third-order valence-electron chi connectivity index (χ3n) is 4.50. The van der Waals surface area contributed by atoms with E-state index in [4.69, 9.17) is 4.74 Å². The van der Waals surface area contributed by atoms with Crippen molar-refractivity contribution in [2.45, 2.75) is 52.4 Å². The van der Waals surface area contributed by atoms with Crippen LogP contribution in [0.1, 0.15) is 62.6 Å². The van der Waals surface area contributed by atoms with Crippen molar-refractivity contribution < 1.29 is 4.74 Å². The molecule has 28 heavy (non-hydrogen) atoms. The molecule has 0 radical (unpaired) electrons. The predicted molar refractivity (Wildman–Crippen MR) is 122 cm³/mol. The molecule has 0 heterocycles. The fourth-order valence-electron chi connectivity index (χ4n) is 2.77. The molecule has 146 valence electrons. The fraction of sp³-hybridized carbons (Fsp3) is 0.333. The number of benzene rings is 2. The van der Waals surface area contributed by atoms with Gasteiger partial charge in [0.05, 0.1) is 6.61 Å². The van der Waals surface area contributed by atoms with Crippen LogP contribution in [-0.4, -0.2) is 6.61 Å². The van der Waals surface area contributed by atoms with Gasteiger partial charge in [-0.05, 0) is 72.4 Å². The second-order valence-electron chi connectivity index (χ2n) is 6.93. The standard InChI is InChI=1S/C27H32O/c1-3-5-11-23-28-27-21-19-26(20-22-27)14-10-8-7-9-13-25-17-15-24(16-18-25)12-6-4-2/h9-10,13-22H,3-6,11-12,23H2,1-2H3. The van der Waals surface area contributed by atoms with E-state index in [9.17, 15) is 0 Å². The molecule has 0 spiro atoms. The van der Waals surface area contributed by atoms with Crippen molar-refractivity contribution >= 4 is 12.2 Å². The molecule has 2 aromatic rings. The van der Waals surface area contributed by atoms with Crippen LogP contribution in [0.25, 0.3) is 12.2 Å². The maximum atomic E-state index is 5.73. The van der Waals surface area contributed by atoms with E-state index in [1.165, 1.54) is 36.8 Å². The molecule has 0 aliphatic carbocycles. The minimum Gasteiger partial charge on any atom is -0.494 e. The number of hydrogen-bond acceptors (Lipinski definition) is 1. The van der Waals surface area contributed by atoms with Gasteiger partial charge in [-0.1, -0.05) is 81.3 Å². The fourth-order valence-corrected chi connectivity index (χ4v) is 2.77. The third kappa shape index (κ3) is 8.78. The van der Waals surface area contributed by atoms with E-state index in [2.05, 4.69) is 68.2 Å². The predicted octanol–water partition coefficient (Wildman–Crippen LogP) is 7.33. The van der Waals surface area contributed by atoms with Crippen molar-refractivity contribution in [3.05, 3.63) is 77.4 Å². The van der Waals surface area contributed by atoms with Crippen LogP contribution in [-0.2, 0) is 6.42 Å². The number of hydrogen-bond donors (Lipinski definition) is 0. The van der Waals surface area contributed by atoms with Gasteiger partial charge in [-0.2, -0.15) is 0 Å². The van der Waals surface area contributed by atoms with Crippen LogP contribution >= 0.6 is 0 Å². The van der Waals surface area contributed by atoms with Crippen molar-refractivity contribution in [3.63, 3.8) is 0 Å². The quantitative estimate of drug-likeness (QED) is 0.313. The van der Waals surface area contributed by atoms with Crippen molar-refractivity contribution in [3.8, 4) is 17.6 Å². The molecule has 0 saturated heterocycles. The summed E-state index contributed by atoms with van der Waals surface area (Å²) in [5.41, 5.74) is 3.72. The summed E-state index contributed by atoms with van der Waals surface area (Å²) < 4.78 is 5.73. The molecule has 0 saturated carbocycles. The van der Waals surface area contributed by atoms with Crippen LogP contribution in [0.4, 0.5) is 0 Å². The number of allylic oxidation sites excluding steroid dienone is 2. The van der Waals surface area contributed by atoms with Gasteiger partial charge in [0, 0.05) is 0 Å². The van der Waals surface area contributed by atoms with Gasteiger partial charge in [-0.15, -0.1) is 0 Å². The number of aryl methyl sites for hydroxylation is 1. The minimum absolute atomic E-state index is 0.794. The molecular formula is C27H32O. The smallest absolute Gasteiger partial charge is 0.119 e. The Balaban J connectivity index is 1.77. The van der Waals surface area contributed by atoms with Gasteiger partial charge < -0.3 is 4.74 Å². The lowest BCUT2D eigenvalue weighted by atomic mass is 10.1. The van der Waals surface area contributed by atoms with Crippen LogP contribution in [0.2, 0.25) is 0 Å². The van der Waals surface area contributed by atoms with E-state index in [-0.39, 0.29) is 0 Å². The van der Waals surface area contributed by atoms with Crippen molar-refractivity contribution in [1.29, 1.82) is 0 Å². The zero-order valence-electron chi connectivity index (χ0n) is 17.3. The lowest BCUT2D eigenvalue weighted by molar-refractivity contribution is 0.306. The van der Waals surface area contributed by atoms with Crippen molar-refractivity contribution in [1.82, 2.24) is 0 Å². The second kappa shape index (κ2) is 13.4. The van der Waals surface area contributed by atoms with E-state index < -0.39 is 0 Å². The summed E-state index contributed by atoms with van der Waals surface area (Å²) in [6.45, 7) is 5.22. The second-order valence-corrected chi connectivity index (χ2v) is 6.93. The number of unbranched alkanes of at least 4 members (excludes halogenated alkanes) is 3. The summed E-state index contributed by atoms with van der Waals surface area (Å²) in [4.78, 5) is 0. The Morgan fingerprint density at radius 2 is 1.29 bits per heavy atom. The van der Waals surface area contributed by atoms with Crippen LogP contribution < -0.4 is 4.74 Å². The molecule has 0 aliphatic heterocycles. The highest BCUT2D eigenvalue weighted by molar-refractivity contribution is 5.56. The topological polar surface area (TPSA) is 9.23 Å². The van der Waals surface area contributed by atoms with Crippen LogP contribution in [0, 0.1) is 11.8 Å². The zero-order chi connectivity index (χ0) is 19.9. The van der Waals surface area contributed by atoms with E-state index in [0.717, 1.165) is 30.8 Å². The van der Waals surface area contributed by atoms with Crippen molar-refractivity contribution in [2.24, 2.45) is 0 Å². The molecule has 0 N–H and O–H groups in total. The number of ether oxygens (including phenoxy) is 1. The monoisotopic (exact) mass is 372 g/mol. The number of rotatable bonds is 10. The summed E-state index contributed by atoms with van der Waals surface area (Å²) in [5, 5.41) is 0. The molecule has 2 rings (SSSR count). The minimum atomic E-state index is 0.794. The molecule has 0 atom stereocenters. The Morgan fingerprint density at radius 3 is 1.86 bits per heavy atom. The Labute approximate surface area is 171 Å². The molecular weight excluding hydrogens is 340 g/mol. The Bertz CT molecular complexity index is 783. The summed E-state index contributed by atoms with van der Waals surface area (Å²) in [6.07, 6.45) is 15.1. The molecule has 1 heteroatoms. The molecule has 0 unspecified atom stereocenters. The Morgan fingerprint density at radius 1 is 0.714 bits per heavy atom. The summed E-state index contributed by atoms with van der Waals surface area (Å²) in [5.74, 6) is 7.05. The van der Waals surface area contributed by atoms with E-state index in [1.807, 2.05) is 30.4 Å². The molecule has 2 aromatic carbocycles. The van der Waals surface area contributed by atoms with E-state index >= 15 is 0 Å².